The van der Waals surface area contributed by atoms with Gasteiger partial charge in [-0.25, -0.2) is 9.78 Å². The highest BCUT2D eigenvalue weighted by atomic mass is 35.5. The summed E-state index contributed by atoms with van der Waals surface area (Å²) in [6.45, 7) is 8.83. The van der Waals surface area contributed by atoms with Crippen LogP contribution in [-0.4, -0.2) is 74.8 Å². The van der Waals surface area contributed by atoms with Crippen molar-refractivity contribution in [2.45, 2.75) is 51.9 Å². The average Bonchev–Trinajstić information content (AvgIpc) is 3.46. The van der Waals surface area contributed by atoms with Crippen LogP contribution < -0.4 is 4.74 Å². The van der Waals surface area contributed by atoms with Crippen LogP contribution in [0.25, 0.3) is 22.2 Å². The van der Waals surface area contributed by atoms with E-state index in [-0.39, 0.29) is 12.0 Å². The lowest BCUT2D eigenvalue weighted by atomic mass is 9.99. The van der Waals surface area contributed by atoms with E-state index in [1.54, 1.807) is 22.9 Å². The SMILES string of the molecule is CC(O)c1cc2c(-c3cc(Cl)cc4c3OC(C(=O)N3CCN(C(=O)OC(C)(C)C)CC3)C4)ccnc2[nH]1. The number of pyridine rings is 1. The number of ether oxygens (including phenoxy) is 2. The van der Waals surface area contributed by atoms with Crippen LogP contribution in [0.2, 0.25) is 5.02 Å². The Morgan fingerprint density at radius 2 is 1.86 bits per heavy atom. The van der Waals surface area contributed by atoms with Gasteiger partial charge in [0.05, 0.1) is 6.10 Å². The Morgan fingerprint density at radius 1 is 1.16 bits per heavy atom. The number of hydrogen-bond donors (Lipinski definition) is 2. The summed E-state index contributed by atoms with van der Waals surface area (Å²) in [6.07, 6.45) is 0.400. The second kappa shape index (κ2) is 9.54. The lowest BCUT2D eigenvalue weighted by Gasteiger charge is -2.36. The molecule has 5 rings (SSSR count). The molecule has 1 saturated heterocycles. The smallest absolute Gasteiger partial charge is 0.410 e. The van der Waals surface area contributed by atoms with Crippen molar-refractivity contribution in [3.05, 3.63) is 46.7 Å². The van der Waals surface area contributed by atoms with E-state index in [1.165, 1.54) is 0 Å². The number of fused-ring (bicyclic) bond motifs is 2. The van der Waals surface area contributed by atoms with E-state index >= 15 is 0 Å². The summed E-state index contributed by atoms with van der Waals surface area (Å²) in [5, 5.41) is 11.4. The normalized spacial score (nSPS) is 18.5. The molecule has 2 aliphatic rings. The molecule has 2 aromatic heterocycles. The van der Waals surface area contributed by atoms with E-state index in [2.05, 4.69) is 9.97 Å². The van der Waals surface area contributed by atoms with Crippen LogP contribution in [-0.2, 0) is 16.0 Å². The number of carbonyl (C=O) groups is 2. The highest BCUT2D eigenvalue weighted by molar-refractivity contribution is 6.31. The number of nitrogens with zero attached hydrogens (tertiary/aromatic N) is 3. The van der Waals surface area contributed by atoms with Gasteiger partial charge in [-0.3, -0.25) is 4.79 Å². The van der Waals surface area contributed by atoms with Crippen LogP contribution >= 0.6 is 11.6 Å². The van der Waals surface area contributed by atoms with Gasteiger partial charge >= 0.3 is 6.09 Å². The summed E-state index contributed by atoms with van der Waals surface area (Å²) >= 11 is 6.49. The third-order valence-electron chi connectivity index (χ3n) is 6.61. The molecular formula is C27H31ClN4O5. The zero-order valence-electron chi connectivity index (χ0n) is 21.4. The second-order valence-corrected chi connectivity index (χ2v) is 11.0. The Balaban J connectivity index is 1.34. The molecule has 9 nitrogen and oxygen atoms in total. The molecular weight excluding hydrogens is 496 g/mol. The minimum atomic E-state index is -0.670. The van der Waals surface area contributed by atoms with E-state index in [0.717, 1.165) is 22.1 Å². The number of rotatable bonds is 3. The average molecular weight is 527 g/mol. The molecule has 2 atom stereocenters. The first-order chi connectivity index (χ1) is 17.5. The lowest BCUT2D eigenvalue weighted by molar-refractivity contribution is -0.139. The molecule has 0 spiro atoms. The first-order valence-electron chi connectivity index (χ1n) is 12.4. The Hall–Kier alpha value is -3.30. The van der Waals surface area contributed by atoms with Crippen LogP contribution in [0.4, 0.5) is 4.79 Å². The van der Waals surface area contributed by atoms with Crippen molar-refractivity contribution in [3.63, 3.8) is 0 Å². The number of aliphatic hydroxyl groups excluding tert-OH is 1. The maximum atomic E-state index is 13.4. The Morgan fingerprint density at radius 3 is 2.54 bits per heavy atom. The number of hydrogen-bond acceptors (Lipinski definition) is 6. The van der Waals surface area contributed by atoms with Crippen LogP contribution in [0.5, 0.6) is 5.75 Å². The lowest BCUT2D eigenvalue weighted by Crippen LogP contribution is -2.54. The Labute approximate surface area is 220 Å². The highest BCUT2D eigenvalue weighted by Crippen LogP contribution is 2.43. The number of aromatic nitrogens is 2. The molecule has 196 valence electrons. The van der Waals surface area contributed by atoms with Crippen molar-refractivity contribution in [1.82, 2.24) is 19.8 Å². The van der Waals surface area contributed by atoms with Gasteiger partial charge in [0.1, 0.15) is 17.0 Å². The molecule has 0 bridgehead atoms. The number of aliphatic hydroxyl groups is 1. The third-order valence-corrected chi connectivity index (χ3v) is 6.83. The van der Waals surface area contributed by atoms with E-state index < -0.39 is 17.8 Å². The predicted octanol–water partition coefficient (Wildman–Crippen LogP) is 4.32. The molecule has 0 saturated carbocycles. The Kier molecular flexibility index (Phi) is 6.53. The largest absolute Gasteiger partial charge is 0.479 e. The molecule has 2 N–H and O–H groups in total. The zero-order valence-corrected chi connectivity index (χ0v) is 22.1. The van der Waals surface area contributed by atoms with Crippen LogP contribution in [0.15, 0.2) is 30.5 Å². The molecule has 4 heterocycles. The molecule has 37 heavy (non-hydrogen) atoms. The maximum Gasteiger partial charge on any atom is 0.410 e. The molecule has 1 aromatic carbocycles. The van der Waals surface area contributed by atoms with E-state index in [4.69, 9.17) is 21.1 Å². The van der Waals surface area contributed by atoms with Gasteiger partial charge < -0.3 is 29.4 Å². The quantitative estimate of drug-likeness (QED) is 0.526. The Bertz CT molecular complexity index is 1350. The summed E-state index contributed by atoms with van der Waals surface area (Å²) in [5.41, 5.74) is 3.24. The van der Waals surface area contributed by atoms with Crippen molar-refractivity contribution in [3.8, 4) is 16.9 Å². The van der Waals surface area contributed by atoms with Crippen LogP contribution in [0.3, 0.4) is 0 Å². The molecule has 2 aliphatic heterocycles. The van der Waals surface area contributed by atoms with Crippen molar-refractivity contribution < 1.29 is 24.2 Å². The number of amides is 2. The molecule has 2 unspecified atom stereocenters. The van der Waals surface area contributed by atoms with Gasteiger partial charge in [0.2, 0.25) is 0 Å². The van der Waals surface area contributed by atoms with Gasteiger partial charge in [-0.05, 0) is 57.5 Å². The molecule has 2 amide bonds. The number of carbonyl (C=O) groups excluding carboxylic acids is 2. The fourth-order valence-electron chi connectivity index (χ4n) is 4.81. The van der Waals surface area contributed by atoms with Gasteiger partial charge in [0, 0.05) is 66.0 Å². The fraction of sp³-hybridized carbons (Fsp3) is 0.444. The first-order valence-corrected chi connectivity index (χ1v) is 12.8. The number of H-pyrrole nitrogens is 1. The summed E-state index contributed by atoms with van der Waals surface area (Å²) < 4.78 is 11.7. The topological polar surface area (TPSA) is 108 Å². The monoisotopic (exact) mass is 526 g/mol. The predicted molar refractivity (Wildman–Crippen MR) is 140 cm³/mol. The number of nitrogens with one attached hydrogen (secondary N) is 1. The van der Waals surface area contributed by atoms with Crippen molar-refractivity contribution >= 4 is 34.6 Å². The molecule has 3 aromatic rings. The maximum absolute atomic E-state index is 13.4. The van der Waals surface area contributed by atoms with Crippen molar-refractivity contribution in [1.29, 1.82) is 0 Å². The molecule has 10 heteroatoms. The minimum absolute atomic E-state index is 0.111. The fourth-order valence-corrected chi connectivity index (χ4v) is 5.05. The molecule has 0 radical (unpaired) electrons. The van der Waals surface area contributed by atoms with Crippen LogP contribution in [0.1, 0.15) is 45.1 Å². The molecule has 1 fully saturated rings. The summed E-state index contributed by atoms with van der Waals surface area (Å²) in [6, 6.07) is 7.42. The zero-order chi connectivity index (χ0) is 26.5. The standard InChI is InChI=1S/C27H31ClN4O5/c1-15(33)21-14-20-18(5-6-29-24(20)30-21)19-13-17(28)11-16-12-22(36-23(16)19)25(34)31-7-9-32(10-8-31)26(35)37-27(2,3)4/h5-6,11,13-15,22,33H,7-10,12H2,1-4H3,(H,29,30). The second-order valence-electron chi connectivity index (χ2n) is 10.6. The van der Waals surface area contributed by atoms with E-state index in [1.807, 2.05) is 45.0 Å². The third kappa shape index (κ3) is 5.10. The number of benzene rings is 1. The van der Waals surface area contributed by atoms with Crippen LogP contribution in [0, 0.1) is 0 Å². The van der Waals surface area contributed by atoms with E-state index in [0.29, 0.717) is 54.7 Å². The number of piperazine rings is 1. The van der Waals surface area contributed by atoms with Gasteiger partial charge in [-0.2, -0.15) is 0 Å². The first kappa shape index (κ1) is 25.4. The van der Waals surface area contributed by atoms with Crippen molar-refractivity contribution in [2.24, 2.45) is 0 Å². The minimum Gasteiger partial charge on any atom is -0.479 e. The summed E-state index contributed by atoms with van der Waals surface area (Å²) in [5.74, 6) is 0.516. The summed E-state index contributed by atoms with van der Waals surface area (Å²) in [7, 11) is 0. The van der Waals surface area contributed by atoms with Gasteiger partial charge in [-0.15, -0.1) is 0 Å². The molecule has 0 aliphatic carbocycles. The summed E-state index contributed by atoms with van der Waals surface area (Å²) in [4.78, 5) is 36.7. The number of halogens is 1. The highest BCUT2D eigenvalue weighted by Gasteiger charge is 2.36. The van der Waals surface area contributed by atoms with Gasteiger partial charge in [-0.1, -0.05) is 11.6 Å². The van der Waals surface area contributed by atoms with Gasteiger partial charge in [0.15, 0.2) is 6.10 Å². The van der Waals surface area contributed by atoms with Gasteiger partial charge in [0.25, 0.3) is 5.91 Å². The number of aromatic amines is 1. The van der Waals surface area contributed by atoms with E-state index in [9.17, 15) is 14.7 Å². The van der Waals surface area contributed by atoms with Crippen molar-refractivity contribution in [2.75, 3.05) is 26.2 Å².